The number of pyridine rings is 1. The molecule has 14 nitrogen and oxygen atoms in total. The number of nitrogens with one attached hydrogen (secondary N) is 2. The molecule has 1 amide bonds. The van der Waals surface area contributed by atoms with Gasteiger partial charge in [-0.15, -0.1) is 5.10 Å². The van der Waals surface area contributed by atoms with E-state index in [0.717, 1.165) is 48.2 Å². The summed E-state index contributed by atoms with van der Waals surface area (Å²) in [6.45, 7) is 8.33. The van der Waals surface area contributed by atoms with Gasteiger partial charge in [-0.3, -0.25) is 19.1 Å². The fourth-order valence-corrected chi connectivity index (χ4v) is 7.63. The minimum absolute atomic E-state index is 0.0127. The quantitative estimate of drug-likeness (QED) is 0.213. The fourth-order valence-electron chi connectivity index (χ4n) is 7.63. The first-order chi connectivity index (χ1) is 24.0. The Morgan fingerprint density at radius 3 is 2.62 bits per heavy atom. The predicted molar refractivity (Wildman–Crippen MR) is 189 cm³/mol. The molecular formula is C36H42N10O4. The van der Waals surface area contributed by atoms with Crippen LogP contribution in [0.15, 0.2) is 52.3 Å². The minimum Gasteiger partial charge on any atom is -0.467 e. The molecule has 2 aliphatic carbocycles. The second-order valence-electron chi connectivity index (χ2n) is 14.0. The summed E-state index contributed by atoms with van der Waals surface area (Å²) >= 11 is 0. The smallest absolute Gasteiger partial charge is 0.329 e. The highest BCUT2D eigenvalue weighted by atomic mass is 16.5. The van der Waals surface area contributed by atoms with Crippen LogP contribution in [0.25, 0.3) is 22.3 Å². The van der Waals surface area contributed by atoms with Crippen molar-refractivity contribution in [2.75, 3.05) is 19.1 Å². The molecule has 2 N–H and O–H groups in total. The van der Waals surface area contributed by atoms with Crippen molar-refractivity contribution < 1.29 is 9.53 Å². The third kappa shape index (κ3) is 5.61. The van der Waals surface area contributed by atoms with E-state index in [0.29, 0.717) is 36.9 Å². The Kier molecular flexibility index (Phi) is 8.27. The number of anilines is 2. The summed E-state index contributed by atoms with van der Waals surface area (Å²) in [6, 6.07) is 10.00. The highest BCUT2D eigenvalue weighted by molar-refractivity contribution is 6.05. The first-order valence-corrected chi connectivity index (χ1v) is 17.1. The summed E-state index contributed by atoms with van der Waals surface area (Å²) in [5.41, 5.74) is 2.99. The molecule has 260 valence electrons. The maximum absolute atomic E-state index is 14.1. The van der Waals surface area contributed by atoms with E-state index in [4.69, 9.17) is 4.74 Å². The summed E-state index contributed by atoms with van der Waals surface area (Å²) in [5.74, 6) is 0.354. The molecule has 0 unspecified atom stereocenters. The van der Waals surface area contributed by atoms with Crippen LogP contribution in [0.2, 0.25) is 0 Å². The molecule has 0 spiro atoms. The first kappa shape index (κ1) is 33.1. The normalized spacial score (nSPS) is 19.7. The number of ether oxygens (including phenoxy) is 1. The number of aryl methyl sites for hydroxylation is 2. The van der Waals surface area contributed by atoms with Crippen LogP contribution < -0.4 is 26.2 Å². The molecule has 0 atom stereocenters. The number of amides is 1. The van der Waals surface area contributed by atoms with Gasteiger partial charge in [-0.2, -0.15) is 4.98 Å². The molecule has 0 saturated heterocycles. The Hall–Kier alpha value is -5.40. The van der Waals surface area contributed by atoms with Crippen LogP contribution in [0, 0.1) is 6.92 Å². The van der Waals surface area contributed by atoms with Gasteiger partial charge in [0.25, 0.3) is 11.5 Å². The number of hydrogen-bond donors (Lipinski definition) is 2. The Morgan fingerprint density at radius 2 is 1.90 bits per heavy atom. The van der Waals surface area contributed by atoms with Gasteiger partial charge in [0, 0.05) is 42.3 Å². The van der Waals surface area contributed by atoms with Gasteiger partial charge in [0.05, 0.1) is 29.8 Å². The molecule has 2 saturated carbocycles. The van der Waals surface area contributed by atoms with Gasteiger partial charge >= 0.3 is 11.7 Å². The number of carbonyl (C=O) groups excluding carboxylic acids is 1. The van der Waals surface area contributed by atoms with E-state index in [2.05, 4.69) is 54.6 Å². The van der Waals surface area contributed by atoms with Crippen molar-refractivity contribution in [2.24, 2.45) is 0 Å². The topological polar surface area (TPSA) is 166 Å². The number of nitrogens with zero attached hydrogens (tertiary/aromatic N) is 8. The fraction of sp³-hybridized carbons (Fsp3) is 0.444. The standard InChI is InChI=1S/C36H42N10O4/c1-7-16-45-30-29(32(48)40-34(45)49)25(18-26(38-30)21(2)3)31(47)41-35-11-13-36(20-35,14-12-35)46-19-27(42-43-46)24-17-23(9-8-22(24)4)44(5)28-10-15-37-33(39-28)50-6/h8-10,15,17-19,21H,7,11-14,16,20H2,1-6H3,(H,41,47)(H,40,48,49). The molecule has 7 rings (SSSR count). The van der Waals surface area contributed by atoms with E-state index in [1.807, 2.05) is 55.7 Å². The number of carbonyl (C=O) groups is 1. The number of rotatable bonds is 10. The zero-order valence-corrected chi connectivity index (χ0v) is 29.3. The highest BCUT2D eigenvalue weighted by Crippen LogP contribution is 2.55. The van der Waals surface area contributed by atoms with Gasteiger partial charge < -0.3 is 15.0 Å². The van der Waals surface area contributed by atoms with E-state index in [1.165, 1.54) is 4.57 Å². The van der Waals surface area contributed by atoms with E-state index < -0.39 is 16.8 Å². The molecule has 2 aliphatic rings. The van der Waals surface area contributed by atoms with E-state index >= 15 is 0 Å². The minimum atomic E-state index is -0.604. The number of hydrogen-bond acceptors (Lipinski definition) is 10. The molecule has 14 heteroatoms. The number of aromatic amines is 1. The molecule has 4 heterocycles. The number of fused-ring (bicyclic) bond motifs is 3. The van der Waals surface area contributed by atoms with Crippen molar-refractivity contribution in [3.05, 3.63) is 80.4 Å². The van der Waals surface area contributed by atoms with Crippen molar-refractivity contribution in [1.29, 1.82) is 0 Å². The van der Waals surface area contributed by atoms with E-state index in [9.17, 15) is 14.4 Å². The molecular weight excluding hydrogens is 636 g/mol. The van der Waals surface area contributed by atoms with Gasteiger partial charge in [0.15, 0.2) is 5.65 Å². The lowest BCUT2D eigenvalue weighted by atomic mass is 9.91. The lowest BCUT2D eigenvalue weighted by Crippen LogP contribution is -2.45. The van der Waals surface area contributed by atoms with Gasteiger partial charge in [-0.05, 0) is 81.2 Å². The largest absolute Gasteiger partial charge is 0.467 e. The average molecular weight is 679 g/mol. The maximum atomic E-state index is 14.1. The van der Waals surface area contributed by atoms with Gasteiger partial charge in [-0.1, -0.05) is 32.1 Å². The molecule has 4 aromatic heterocycles. The summed E-state index contributed by atoms with van der Waals surface area (Å²) in [4.78, 5) is 57.7. The predicted octanol–water partition coefficient (Wildman–Crippen LogP) is 4.59. The molecule has 0 aliphatic heterocycles. The van der Waals surface area contributed by atoms with Crippen molar-refractivity contribution in [1.82, 2.24) is 44.8 Å². The van der Waals surface area contributed by atoms with Crippen LogP contribution in [0.4, 0.5) is 11.5 Å². The Morgan fingerprint density at radius 1 is 1.12 bits per heavy atom. The van der Waals surface area contributed by atoms with E-state index in [-0.39, 0.29) is 34.0 Å². The molecule has 0 radical (unpaired) electrons. The summed E-state index contributed by atoms with van der Waals surface area (Å²) < 4.78 is 8.65. The first-order valence-electron chi connectivity index (χ1n) is 17.1. The molecule has 50 heavy (non-hydrogen) atoms. The van der Waals surface area contributed by atoms with E-state index in [1.54, 1.807) is 19.4 Å². The Bertz CT molecular complexity index is 2230. The summed E-state index contributed by atoms with van der Waals surface area (Å²) in [7, 11) is 3.48. The number of benzene rings is 1. The SMILES string of the molecule is CCCn1c(=O)[nH]c(=O)c2c(C(=O)NC34CCC(n5cc(-c6cc(N(C)c7ccnc(OC)n7)ccc6C)nn5)(CC3)C4)cc(C(C)C)nc21. The van der Waals surface area contributed by atoms with Crippen LogP contribution in [-0.4, -0.2) is 65.1 Å². The number of methoxy groups -OCH3 is 1. The third-order valence-corrected chi connectivity index (χ3v) is 10.4. The van der Waals surface area contributed by atoms with Crippen molar-refractivity contribution >= 4 is 28.4 Å². The van der Waals surface area contributed by atoms with Crippen LogP contribution in [0.1, 0.15) is 86.8 Å². The monoisotopic (exact) mass is 678 g/mol. The molecule has 5 aromatic rings. The zero-order valence-electron chi connectivity index (χ0n) is 29.3. The van der Waals surface area contributed by atoms with Crippen LogP contribution >= 0.6 is 0 Å². The summed E-state index contributed by atoms with van der Waals surface area (Å²) in [5, 5.41) is 12.8. The van der Waals surface area contributed by atoms with Crippen LogP contribution in [-0.2, 0) is 12.1 Å². The zero-order chi connectivity index (χ0) is 35.4. The molecule has 1 aromatic carbocycles. The van der Waals surface area contributed by atoms with Crippen molar-refractivity contribution in [2.45, 2.75) is 89.8 Å². The third-order valence-electron chi connectivity index (χ3n) is 10.4. The van der Waals surface area contributed by atoms with Crippen LogP contribution in [0.3, 0.4) is 0 Å². The number of H-pyrrole nitrogens is 1. The summed E-state index contributed by atoms with van der Waals surface area (Å²) in [6.07, 6.45) is 8.25. The van der Waals surface area contributed by atoms with Crippen molar-refractivity contribution in [3.63, 3.8) is 0 Å². The van der Waals surface area contributed by atoms with Crippen LogP contribution in [0.5, 0.6) is 6.01 Å². The highest BCUT2D eigenvalue weighted by Gasteiger charge is 2.56. The van der Waals surface area contributed by atoms with Gasteiger partial charge in [0.2, 0.25) is 0 Å². The maximum Gasteiger partial charge on any atom is 0.329 e. The Balaban J connectivity index is 1.16. The lowest BCUT2D eigenvalue weighted by molar-refractivity contribution is 0.0902. The average Bonchev–Trinajstić information content (AvgIpc) is 3.85. The van der Waals surface area contributed by atoms with Crippen molar-refractivity contribution in [3.8, 4) is 17.3 Å². The van der Waals surface area contributed by atoms with Gasteiger partial charge in [-0.25, -0.2) is 19.4 Å². The number of aromatic nitrogens is 8. The lowest BCUT2D eigenvalue weighted by Gasteiger charge is -2.28. The molecule has 2 fully saturated rings. The molecule has 2 bridgehead atoms. The second kappa shape index (κ2) is 12.5. The second-order valence-corrected chi connectivity index (χ2v) is 14.0. The van der Waals surface area contributed by atoms with Gasteiger partial charge in [0.1, 0.15) is 11.5 Å². The Labute approximate surface area is 288 Å².